The summed E-state index contributed by atoms with van der Waals surface area (Å²) in [6, 6.07) is 14.5. The number of hydrogen-bond donors (Lipinski definition) is 0. The average Bonchev–Trinajstić information content (AvgIpc) is 3.23. The van der Waals surface area contributed by atoms with Crippen LogP contribution in [-0.4, -0.2) is 44.7 Å². The van der Waals surface area contributed by atoms with E-state index < -0.39 is 5.97 Å². The smallest absolute Gasteiger partial charge is 0.337 e. The summed E-state index contributed by atoms with van der Waals surface area (Å²) in [7, 11) is 4.56. The van der Waals surface area contributed by atoms with Gasteiger partial charge in [-0.2, -0.15) is 0 Å². The molecule has 2 aliphatic rings. The molecule has 3 aromatic rings. The lowest BCUT2D eigenvalue weighted by Crippen LogP contribution is -2.32. The molecule has 37 heavy (non-hydrogen) atoms. The molecule has 0 fully saturated rings. The van der Waals surface area contributed by atoms with Crippen LogP contribution in [0.3, 0.4) is 0 Å². The van der Waals surface area contributed by atoms with Crippen LogP contribution < -0.4 is 18.9 Å². The lowest BCUT2D eigenvalue weighted by atomic mass is 9.99. The second-order valence-corrected chi connectivity index (χ2v) is 8.87. The van der Waals surface area contributed by atoms with Gasteiger partial charge in [-0.15, -0.1) is 0 Å². The highest BCUT2D eigenvalue weighted by Gasteiger charge is 2.33. The molecule has 2 aliphatic heterocycles. The zero-order valence-corrected chi connectivity index (χ0v) is 21.1. The number of carbonyl (C=O) groups is 2. The zero-order chi connectivity index (χ0) is 26.1. The van der Waals surface area contributed by atoms with E-state index in [-0.39, 0.29) is 11.5 Å². The van der Waals surface area contributed by atoms with Gasteiger partial charge in [0.1, 0.15) is 18.2 Å². The van der Waals surface area contributed by atoms with Crippen LogP contribution in [-0.2, 0) is 17.8 Å². The van der Waals surface area contributed by atoms with Crippen molar-refractivity contribution in [1.29, 1.82) is 0 Å². The van der Waals surface area contributed by atoms with Gasteiger partial charge in [-0.05, 0) is 54.5 Å². The topological polar surface area (TPSA) is 83.5 Å². The van der Waals surface area contributed by atoms with Gasteiger partial charge in [-0.3, -0.25) is 9.69 Å². The first kappa shape index (κ1) is 24.4. The number of methoxy groups -OCH3 is 3. The van der Waals surface area contributed by atoms with E-state index in [4.69, 9.17) is 23.7 Å². The second-order valence-electron chi connectivity index (χ2n) is 8.87. The maximum Gasteiger partial charge on any atom is 0.337 e. The Morgan fingerprint density at radius 3 is 2.46 bits per heavy atom. The maximum absolute atomic E-state index is 13.2. The fourth-order valence-electron chi connectivity index (χ4n) is 4.62. The fourth-order valence-corrected chi connectivity index (χ4v) is 4.62. The first-order chi connectivity index (χ1) is 17.9. The number of ketones is 1. The molecule has 0 saturated carbocycles. The molecular formula is C29H27NO7. The van der Waals surface area contributed by atoms with Crippen molar-refractivity contribution in [2.45, 2.75) is 20.0 Å². The maximum atomic E-state index is 13.2. The van der Waals surface area contributed by atoms with Crippen molar-refractivity contribution in [2.24, 2.45) is 0 Å². The molecule has 3 aromatic carbocycles. The highest BCUT2D eigenvalue weighted by molar-refractivity contribution is 6.15. The highest BCUT2D eigenvalue weighted by Crippen LogP contribution is 2.43. The van der Waals surface area contributed by atoms with Gasteiger partial charge in [0.25, 0.3) is 0 Å². The van der Waals surface area contributed by atoms with E-state index in [1.54, 1.807) is 44.6 Å². The SMILES string of the molecule is COC(=O)c1ccc(/C=C2\Oc3c(cc4c(c3C)OCN(Cc3ccc(OC)c(OC)c3)C4)C2=O)cc1. The number of rotatable bonds is 6. The third-order valence-electron chi connectivity index (χ3n) is 6.49. The molecule has 5 rings (SSSR count). The normalized spacial score (nSPS) is 15.5. The summed E-state index contributed by atoms with van der Waals surface area (Å²) in [6.45, 7) is 3.58. The minimum Gasteiger partial charge on any atom is -0.493 e. The molecule has 2 heterocycles. The van der Waals surface area contributed by atoms with E-state index in [9.17, 15) is 9.59 Å². The lowest BCUT2D eigenvalue weighted by Gasteiger charge is -2.30. The Morgan fingerprint density at radius 1 is 1.00 bits per heavy atom. The van der Waals surface area contributed by atoms with Crippen molar-refractivity contribution >= 4 is 17.8 Å². The Labute approximate surface area is 215 Å². The van der Waals surface area contributed by atoms with Gasteiger partial charge >= 0.3 is 5.97 Å². The third kappa shape index (κ3) is 4.63. The molecule has 0 spiro atoms. The van der Waals surface area contributed by atoms with Crippen LogP contribution >= 0.6 is 0 Å². The Morgan fingerprint density at radius 2 is 1.76 bits per heavy atom. The minimum absolute atomic E-state index is 0.185. The summed E-state index contributed by atoms with van der Waals surface area (Å²) < 4.78 is 27.6. The number of nitrogens with zero attached hydrogens (tertiary/aromatic N) is 1. The standard InChI is InChI=1S/C29H27NO7/c1-17-27-21(15-30(16-36-27)14-19-7-10-23(33-2)24(12-19)34-3)13-22-26(31)25(37-28(17)22)11-18-5-8-20(9-6-18)29(32)35-4/h5-13H,14-16H2,1-4H3/b25-11-. The molecule has 0 aromatic heterocycles. The van der Waals surface area contributed by atoms with Gasteiger partial charge in [0.15, 0.2) is 17.3 Å². The van der Waals surface area contributed by atoms with Crippen LogP contribution in [0.2, 0.25) is 0 Å². The molecule has 0 unspecified atom stereocenters. The number of ether oxygens (including phenoxy) is 5. The van der Waals surface area contributed by atoms with Gasteiger partial charge < -0.3 is 23.7 Å². The van der Waals surface area contributed by atoms with E-state index in [0.29, 0.717) is 48.2 Å². The predicted octanol–water partition coefficient (Wildman–Crippen LogP) is 4.77. The Kier molecular flexibility index (Phi) is 6.58. The van der Waals surface area contributed by atoms with Gasteiger partial charge in [-0.25, -0.2) is 4.79 Å². The average molecular weight is 502 g/mol. The lowest BCUT2D eigenvalue weighted by molar-refractivity contribution is 0.0600. The fraction of sp³-hybridized carbons (Fsp3) is 0.241. The van der Waals surface area contributed by atoms with E-state index in [1.807, 2.05) is 31.2 Å². The number of hydrogen-bond acceptors (Lipinski definition) is 8. The van der Waals surface area contributed by atoms with Gasteiger partial charge in [0.2, 0.25) is 5.78 Å². The van der Waals surface area contributed by atoms with Crippen molar-refractivity contribution in [2.75, 3.05) is 28.1 Å². The summed E-state index contributed by atoms with van der Waals surface area (Å²) in [6.07, 6.45) is 1.67. The van der Waals surface area contributed by atoms with E-state index in [1.165, 1.54) is 7.11 Å². The molecule has 0 N–H and O–H groups in total. The van der Waals surface area contributed by atoms with Crippen molar-refractivity contribution in [3.8, 4) is 23.0 Å². The van der Waals surface area contributed by atoms with Crippen molar-refractivity contribution in [3.05, 3.63) is 87.7 Å². The van der Waals surface area contributed by atoms with Crippen molar-refractivity contribution in [1.82, 2.24) is 4.90 Å². The number of carbonyl (C=O) groups excluding carboxylic acids is 2. The molecule has 0 bridgehead atoms. The summed E-state index contributed by atoms with van der Waals surface area (Å²) in [4.78, 5) is 27.0. The summed E-state index contributed by atoms with van der Waals surface area (Å²) in [5.41, 5.74) is 4.49. The quantitative estimate of drug-likeness (QED) is 0.353. The first-order valence-corrected chi connectivity index (χ1v) is 11.8. The molecule has 0 atom stereocenters. The molecule has 0 aliphatic carbocycles. The van der Waals surface area contributed by atoms with Crippen LogP contribution in [0.4, 0.5) is 0 Å². The van der Waals surface area contributed by atoms with E-state index in [2.05, 4.69) is 4.90 Å². The van der Waals surface area contributed by atoms with E-state index in [0.717, 1.165) is 28.0 Å². The zero-order valence-electron chi connectivity index (χ0n) is 21.1. The monoisotopic (exact) mass is 501 g/mol. The third-order valence-corrected chi connectivity index (χ3v) is 6.49. The minimum atomic E-state index is -0.416. The summed E-state index contributed by atoms with van der Waals surface area (Å²) in [5, 5.41) is 0. The molecule has 0 amide bonds. The second kappa shape index (κ2) is 9.99. The Bertz CT molecular complexity index is 1410. The molecule has 0 radical (unpaired) electrons. The van der Waals surface area contributed by atoms with Crippen LogP contribution in [0.1, 0.15) is 43.0 Å². The number of allylic oxidation sites excluding steroid dienone is 1. The van der Waals surface area contributed by atoms with Gasteiger partial charge in [0.05, 0.1) is 32.5 Å². The van der Waals surface area contributed by atoms with E-state index >= 15 is 0 Å². The Balaban J connectivity index is 1.36. The van der Waals surface area contributed by atoms with Crippen molar-refractivity contribution in [3.63, 3.8) is 0 Å². The van der Waals surface area contributed by atoms with Crippen LogP contribution in [0, 0.1) is 6.92 Å². The Hall–Kier alpha value is -4.30. The number of fused-ring (bicyclic) bond motifs is 2. The van der Waals surface area contributed by atoms with Crippen molar-refractivity contribution < 1.29 is 33.3 Å². The van der Waals surface area contributed by atoms with Gasteiger partial charge in [-0.1, -0.05) is 18.2 Å². The molecule has 190 valence electrons. The number of benzene rings is 3. The van der Waals surface area contributed by atoms with Crippen LogP contribution in [0.5, 0.6) is 23.0 Å². The number of esters is 1. The highest BCUT2D eigenvalue weighted by atomic mass is 16.5. The van der Waals surface area contributed by atoms with Crippen LogP contribution in [0.15, 0.2) is 54.3 Å². The summed E-state index contributed by atoms with van der Waals surface area (Å²) in [5.74, 6) is 2.26. The largest absolute Gasteiger partial charge is 0.493 e. The van der Waals surface area contributed by atoms with Crippen LogP contribution in [0.25, 0.3) is 6.08 Å². The number of Topliss-reactive ketones (excluding diaryl/α,β-unsaturated/α-hetero) is 1. The molecule has 8 heteroatoms. The first-order valence-electron chi connectivity index (χ1n) is 11.8. The van der Waals surface area contributed by atoms with Gasteiger partial charge in [0, 0.05) is 24.2 Å². The molecular weight excluding hydrogens is 474 g/mol. The molecule has 8 nitrogen and oxygen atoms in total. The predicted molar refractivity (Wildman–Crippen MR) is 136 cm³/mol. The molecule has 0 saturated heterocycles. The summed E-state index contributed by atoms with van der Waals surface area (Å²) >= 11 is 0.